The summed E-state index contributed by atoms with van der Waals surface area (Å²) in [6.07, 6.45) is -0.436. The molecule has 2 saturated heterocycles. The number of nitrogens with one attached hydrogen (secondary N) is 1. The number of piperazine rings is 1. The first kappa shape index (κ1) is 26.0. The summed E-state index contributed by atoms with van der Waals surface area (Å²) in [5.41, 5.74) is 0.0576. The van der Waals surface area contributed by atoms with E-state index in [4.69, 9.17) is 0 Å². The Labute approximate surface area is 183 Å². The van der Waals surface area contributed by atoms with Crippen LogP contribution in [-0.4, -0.2) is 55.0 Å². The summed E-state index contributed by atoms with van der Waals surface area (Å²) in [5.74, 6) is 0.865. The average Bonchev–Trinajstić information content (AvgIpc) is 2.67. The normalized spacial score (nSPS) is 18.7. The molecule has 0 aromatic heterocycles. The van der Waals surface area contributed by atoms with E-state index < -0.39 is 11.7 Å². The first-order chi connectivity index (χ1) is 12.9. The van der Waals surface area contributed by atoms with Gasteiger partial charge >= 0.3 is 6.18 Å². The highest BCUT2D eigenvalue weighted by atomic mass is 35.5. The number of benzene rings is 1. The number of rotatable bonds is 5. The van der Waals surface area contributed by atoms with Crippen molar-refractivity contribution in [2.45, 2.75) is 38.4 Å². The maximum atomic E-state index is 12.8. The monoisotopic (exact) mass is 455 g/mol. The van der Waals surface area contributed by atoms with Crippen molar-refractivity contribution < 1.29 is 18.0 Å². The summed E-state index contributed by atoms with van der Waals surface area (Å²) in [7, 11) is 0. The molecule has 0 saturated carbocycles. The maximum absolute atomic E-state index is 12.8. The molecule has 1 amide bonds. The standard InChI is InChI=1S/C20H28F3N3O.2ClH/c21-20(22,23)18-3-1-2-17(14-18)15-25-10-12-26(13-11-25)19(27)5-4-16-6-8-24-9-7-16;;/h1-3,14,16,24H,4-13,15H2;2*1H. The van der Waals surface area contributed by atoms with Crippen molar-refractivity contribution in [3.63, 3.8) is 0 Å². The summed E-state index contributed by atoms with van der Waals surface area (Å²) in [4.78, 5) is 16.5. The zero-order valence-electron chi connectivity index (χ0n) is 16.4. The van der Waals surface area contributed by atoms with Gasteiger partial charge in [0.25, 0.3) is 0 Å². The van der Waals surface area contributed by atoms with Gasteiger partial charge < -0.3 is 10.2 Å². The lowest BCUT2D eigenvalue weighted by atomic mass is 9.93. The van der Waals surface area contributed by atoms with Crippen molar-refractivity contribution in [3.05, 3.63) is 35.4 Å². The predicted octanol–water partition coefficient (Wildman–Crippen LogP) is 3.97. The van der Waals surface area contributed by atoms with Crippen LogP contribution in [0.1, 0.15) is 36.8 Å². The minimum atomic E-state index is -4.31. The smallest absolute Gasteiger partial charge is 0.340 e. The van der Waals surface area contributed by atoms with Crippen LogP contribution in [0.5, 0.6) is 0 Å². The first-order valence-corrected chi connectivity index (χ1v) is 9.79. The number of hydrogen-bond acceptors (Lipinski definition) is 3. The van der Waals surface area contributed by atoms with E-state index in [0.29, 0.717) is 50.6 Å². The molecule has 4 nitrogen and oxygen atoms in total. The second-order valence-electron chi connectivity index (χ2n) is 7.59. The van der Waals surface area contributed by atoms with Crippen LogP contribution in [0.3, 0.4) is 0 Å². The van der Waals surface area contributed by atoms with Gasteiger partial charge in [-0.1, -0.05) is 18.2 Å². The van der Waals surface area contributed by atoms with Gasteiger partial charge in [0.15, 0.2) is 0 Å². The fraction of sp³-hybridized carbons (Fsp3) is 0.650. The second kappa shape index (κ2) is 12.0. The minimum Gasteiger partial charge on any atom is -0.340 e. The van der Waals surface area contributed by atoms with Crippen LogP contribution in [0.2, 0.25) is 0 Å². The molecule has 2 heterocycles. The lowest BCUT2D eigenvalue weighted by Gasteiger charge is -2.35. The van der Waals surface area contributed by atoms with Gasteiger partial charge in [0.2, 0.25) is 5.91 Å². The van der Waals surface area contributed by atoms with Crippen molar-refractivity contribution in [2.75, 3.05) is 39.3 Å². The summed E-state index contributed by atoms with van der Waals surface area (Å²) in [5, 5.41) is 3.34. The van der Waals surface area contributed by atoms with E-state index in [1.165, 1.54) is 12.1 Å². The Balaban J connectivity index is 0.00000210. The van der Waals surface area contributed by atoms with Gasteiger partial charge in [0.05, 0.1) is 5.56 Å². The number of amides is 1. The predicted molar refractivity (Wildman–Crippen MR) is 113 cm³/mol. The number of halogens is 5. The molecule has 0 spiro atoms. The fourth-order valence-electron chi connectivity index (χ4n) is 3.92. The molecule has 1 aromatic rings. The molecule has 0 atom stereocenters. The van der Waals surface area contributed by atoms with Crippen LogP contribution in [0.15, 0.2) is 24.3 Å². The Morgan fingerprint density at radius 2 is 1.72 bits per heavy atom. The molecule has 2 fully saturated rings. The third kappa shape index (κ3) is 7.96. The largest absolute Gasteiger partial charge is 0.416 e. The highest BCUT2D eigenvalue weighted by Crippen LogP contribution is 2.29. The number of piperidine rings is 1. The molecule has 2 aliphatic heterocycles. The molecule has 3 rings (SSSR count). The Hall–Kier alpha value is -1.02. The number of alkyl halides is 3. The molecule has 1 N–H and O–H groups in total. The lowest BCUT2D eigenvalue weighted by Crippen LogP contribution is -2.48. The molecule has 1 aromatic carbocycles. The number of nitrogens with zero attached hydrogens (tertiary/aromatic N) is 2. The minimum absolute atomic E-state index is 0. The molecular weight excluding hydrogens is 426 g/mol. The molecule has 0 aliphatic carbocycles. The van der Waals surface area contributed by atoms with E-state index in [1.54, 1.807) is 6.07 Å². The van der Waals surface area contributed by atoms with Crippen LogP contribution in [0.4, 0.5) is 13.2 Å². The fourth-order valence-corrected chi connectivity index (χ4v) is 3.92. The van der Waals surface area contributed by atoms with Crippen LogP contribution in [0, 0.1) is 5.92 Å². The summed E-state index contributed by atoms with van der Waals surface area (Å²) < 4.78 is 38.5. The Morgan fingerprint density at radius 3 is 2.34 bits per heavy atom. The highest BCUT2D eigenvalue weighted by Gasteiger charge is 2.30. The zero-order valence-corrected chi connectivity index (χ0v) is 18.1. The third-order valence-electron chi connectivity index (χ3n) is 5.61. The highest BCUT2D eigenvalue weighted by molar-refractivity contribution is 5.85. The lowest BCUT2D eigenvalue weighted by molar-refractivity contribution is -0.137. The molecule has 166 valence electrons. The molecule has 29 heavy (non-hydrogen) atoms. The Bertz CT molecular complexity index is 632. The third-order valence-corrected chi connectivity index (χ3v) is 5.61. The van der Waals surface area contributed by atoms with Gasteiger partial charge in [0.1, 0.15) is 0 Å². The van der Waals surface area contributed by atoms with Gasteiger partial charge in [-0.2, -0.15) is 13.2 Å². The quantitative estimate of drug-likeness (QED) is 0.729. The SMILES string of the molecule is Cl.Cl.O=C(CCC1CCNCC1)N1CCN(Cc2cccc(C(F)(F)F)c2)CC1. The van der Waals surface area contributed by atoms with Crippen LogP contribution < -0.4 is 5.32 Å². The molecule has 0 bridgehead atoms. The number of carbonyl (C=O) groups excluding carboxylic acids is 1. The van der Waals surface area contributed by atoms with Gasteiger partial charge in [-0.3, -0.25) is 9.69 Å². The van der Waals surface area contributed by atoms with E-state index in [9.17, 15) is 18.0 Å². The molecule has 2 aliphatic rings. The molecule has 0 unspecified atom stereocenters. The summed E-state index contributed by atoms with van der Waals surface area (Å²) >= 11 is 0. The Morgan fingerprint density at radius 1 is 1.07 bits per heavy atom. The number of carbonyl (C=O) groups is 1. The van der Waals surface area contributed by atoms with Crippen LogP contribution in [0.25, 0.3) is 0 Å². The van der Waals surface area contributed by atoms with Crippen molar-refractivity contribution in [3.8, 4) is 0 Å². The van der Waals surface area contributed by atoms with Gasteiger partial charge in [-0.15, -0.1) is 24.8 Å². The first-order valence-electron chi connectivity index (χ1n) is 9.79. The van der Waals surface area contributed by atoms with Crippen LogP contribution in [-0.2, 0) is 17.5 Å². The van der Waals surface area contributed by atoms with Crippen molar-refractivity contribution in [1.29, 1.82) is 0 Å². The summed E-state index contributed by atoms with van der Waals surface area (Å²) in [6.45, 7) is 5.31. The molecule has 9 heteroatoms. The average molecular weight is 456 g/mol. The van der Waals surface area contributed by atoms with E-state index in [1.807, 2.05) is 4.90 Å². The van der Waals surface area contributed by atoms with E-state index in [-0.39, 0.29) is 30.7 Å². The van der Waals surface area contributed by atoms with E-state index in [0.717, 1.165) is 38.4 Å². The van der Waals surface area contributed by atoms with Gasteiger partial charge in [-0.25, -0.2) is 0 Å². The van der Waals surface area contributed by atoms with Crippen molar-refractivity contribution in [1.82, 2.24) is 15.1 Å². The maximum Gasteiger partial charge on any atom is 0.416 e. The van der Waals surface area contributed by atoms with Crippen molar-refractivity contribution in [2.24, 2.45) is 5.92 Å². The van der Waals surface area contributed by atoms with Gasteiger partial charge in [0, 0.05) is 39.1 Å². The summed E-state index contributed by atoms with van der Waals surface area (Å²) in [6, 6.07) is 5.50. The Kier molecular flexibility index (Phi) is 10.8. The molecular formula is C20H30Cl2F3N3O. The van der Waals surface area contributed by atoms with Crippen LogP contribution >= 0.6 is 24.8 Å². The zero-order chi connectivity index (χ0) is 19.3. The van der Waals surface area contributed by atoms with Gasteiger partial charge in [-0.05, 0) is 49.9 Å². The topological polar surface area (TPSA) is 35.6 Å². The van der Waals surface area contributed by atoms with E-state index >= 15 is 0 Å². The molecule has 0 radical (unpaired) electrons. The number of hydrogen-bond donors (Lipinski definition) is 1. The van der Waals surface area contributed by atoms with E-state index in [2.05, 4.69) is 10.2 Å². The van der Waals surface area contributed by atoms with Crippen molar-refractivity contribution >= 4 is 30.7 Å². The second-order valence-corrected chi connectivity index (χ2v) is 7.59.